The van der Waals surface area contributed by atoms with Crippen LogP contribution < -0.4 is 0 Å². The van der Waals surface area contributed by atoms with Crippen molar-refractivity contribution in [3.05, 3.63) is 58.8 Å². The molecule has 22 heavy (non-hydrogen) atoms. The normalized spacial score (nSPS) is 23.5. The molecule has 3 rings (SSSR count). The molecule has 0 fully saturated rings. The van der Waals surface area contributed by atoms with Gasteiger partial charge in [0.25, 0.3) is 0 Å². The SMILES string of the molecule is CC1=C(C)C(C)(C)[C]([Hf][C]2=C(C)c3ccccc3C2C)=C1C. The molecule has 0 aliphatic heterocycles. The Bertz CT molecular complexity index is 741. The van der Waals surface area contributed by atoms with Crippen molar-refractivity contribution in [2.75, 3.05) is 0 Å². The predicted molar refractivity (Wildman–Crippen MR) is 92.3 cm³/mol. The first-order valence-electron chi connectivity index (χ1n) is 8.23. The zero-order chi connectivity index (χ0) is 16.2. The van der Waals surface area contributed by atoms with Crippen LogP contribution in [0.25, 0.3) is 5.57 Å². The molecular weight excluding hydrogens is 431 g/mol. The van der Waals surface area contributed by atoms with E-state index < -0.39 is 22.9 Å². The molecule has 1 unspecified atom stereocenters. The van der Waals surface area contributed by atoms with Gasteiger partial charge in [-0.3, -0.25) is 0 Å². The first-order valence-corrected chi connectivity index (χ1v) is 11.8. The Morgan fingerprint density at radius 2 is 1.55 bits per heavy atom. The number of hydrogen-bond donors (Lipinski definition) is 0. The van der Waals surface area contributed by atoms with Crippen molar-refractivity contribution in [1.82, 2.24) is 0 Å². The Balaban J connectivity index is 2.01. The zero-order valence-corrected chi connectivity index (χ0v) is 18.5. The van der Waals surface area contributed by atoms with Crippen molar-refractivity contribution in [2.24, 2.45) is 5.41 Å². The molecule has 114 valence electrons. The second-order valence-electron chi connectivity index (χ2n) is 7.35. The summed E-state index contributed by atoms with van der Waals surface area (Å²) < 4.78 is 3.63. The molecule has 0 aromatic heterocycles. The topological polar surface area (TPSA) is 0 Å². The molecular formula is C21H26Hf. The van der Waals surface area contributed by atoms with Gasteiger partial charge in [-0.1, -0.05) is 0 Å². The van der Waals surface area contributed by atoms with E-state index in [2.05, 4.69) is 72.7 Å². The second-order valence-corrected chi connectivity index (χ2v) is 12.0. The minimum atomic E-state index is -0.997. The van der Waals surface area contributed by atoms with Gasteiger partial charge < -0.3 is 0 Å². The van der Waals surface area contributed by atoms with Crippen molar-refractivity contribution in [3.8, 4) is 0 Å². The third kappa shape index (κ3) is 2.19. The minimum absolute atomic E-state index is 0.291. The van der Waals surface area contributed by atoms with Gasteiger partial charge in [-0.15, -0.1) is 0 Å². The summed E-state index contributed by atoms with van der Waals surface area (Å²) in [5.74, 6) is 0.636. The molecule has 0 heterocycles. The van der Waals surface area contributed by atoms with Crippen molar-refractivity contribution < 1.29 is 22.9 Å². The van der Waals surface area contributed by atoms with Crippen LogP contribution in [0, 0.1) is 5.41 Å². The monoisotopic (exact) mass is 458 g/mol. The van der Waals surface area contributed by atoms with Gasteiger partial charge in [0.05, 0.1) is 0 Å². The molecule has 0 bridgehead atoms. The number of benzene rings is 1. The summed E-state index contributed by atoms with van der Waals surface area (Å²) in [6, 6.07) is 9.02. The van der Waals surface area contributed by atoms with E-state index in [9.17, 15) is 0 Å². The summed E-state index contributed by atoms with van der Waals surface area (Å²) in [6.45, 7) is 16.7. The number of allylic oxidation sites excluding steroid dienone is 6. The van der Waals surface area contributed by atoms with E-state index >= 15 is 0 Å². The van der Waals surface area contributed by atoms with Gasteiger partial charge in [-0.25, -0.2) is 0 Å². The molecule has 1 heteroatoms. The molecule has 1 atom stereocenters. The van der Waals surface area contributed by atoms with Crippen LogP contribution in [0.4, 0.5) is 0 Å². The van der Waals surface area contributed by atoms with E-state index in [4.69, 9.17) is 0 Å². The third-order valence-electron chi connectivity index (χ3n) is 5.99. The average Bonchev–Trinajstić information content (AvgIpc) is 2.81. The Hall–Kier alpha value is -0.690. The van der Waals surface area contributed by atoms with Gasteiger partial charge in [0, 0.05) is 0 Å². The number of rotatable bonds is 2. The summed E-state index contributed by atoms with van der Waals surface area (Å²) in [4.78, 5) is 0. The molecule has 0 saturated carbocycles. The number of hydrogen-bond acceptors (Lipinski definition) is 0. The first kappa shape index (κ1) is 16.2. The van der Waals surface area contributed by atoms with Crippen LogP contribution in [0.2, 0.25) is 0 Å². The maximum atomic E-state index is 2.44. The van der Waals surface area contributed by atoms with Crippen LogP contribution >= 0.6 is 0 Å². The first-order chi connectivity index (χ1) is 10.3. The molecule has 0 nitrogen and oxygen atoms in total. The third-order valence-corrected chi connectivity index (χ3v) is 14.4. The predicted octanol–water partition coefficient (Wildman–Crippen LogP) is 6.27. The Kier molecular flexibility index (Phi) is 4.00. The van der Waals surface area contributed by atoms with Crippen LogP contribution in [0.5, 0.6) is 0 Å². The Morgan fingerprint density at radius 3 is 2.09 bits per heavy atom. The van der Waals surface area contributed by atoms with Crippen LogP contribution in [-0.4, -0.2) is 0 Å². The average molecular weight is 457 g/mol. The zero-order valence-electron chi connectivity index (χ0n) is 14.9. The van der Waals surface area contributed by atoms with Gasteiger partial charge in [0.2, 0.25) is 0 Å². The van der Waals surface area contributed by atoms with Crippen LogP contribution in [0.3, 0.4) is 0 Å². The van der Waals surface area contributed by atoms with Crippen LogP contribution in [-0.2, 0) is 22.9 Å². The maximum absolute atomic E-state index is 2.44. The molecule has 0 radical (unpaired) electrons. The van der Waals surface area contributed by atoms with Crippen molar-refractivity contribution in [3.63, 3.8) is 0 Å². The molecule has 1 aromatic carbocycles. The van der Waals surface area contributed by atoms with Gasteiger partial charge in [0.15, 0.2) is 0 Å². The second kappa shape index (κ2) is 5.44. The standard InChI is InChI=1S/C11H11.C10H15.Hf/c1-8-7-9(2)11-6-4-3-5-10(8)11;1-7-6-10(4,5)9(3)8(7)2;/h3-6,8H,1-2H3;1-5H3;. The molecule has 0 spiro atoms. The molecule has 2 aliphatic rings. The fourth-order valence-electron chi connectivity index (χ4n) is 4.02. The summed E-state index contributed by atoms with van der Waals surface area (Å²) >= 11 is -0.997. The Labute approximate surface area is 146 Å². The molecule has 0 N–H and O–H groups in total. The van der Waals surface area contributed by atoms with Crippen molar-refractivity contribution in [2.45, 2.75) is 54.4 Å². The van der Waals surface area contributed by atoms with Gasteiger partial charge in [-0.05, 0) is 0 Å². The number of fused-ring (bicyclic) bond motifs is 1. The van der Waals surface area contributed by atoms with Crippen LogP contribution in [0.1, 0.15) is 65.5 Å². The van der Waals surface area contributed by atoms with Gasteiger partial charge in [-0.2, -0.15) is 0 Å². The summed E-state index contributed by atoms with van der Waals surface area (Å²) in [7, 11) is 0. The van der Waals surface area contributed by atoms with Crippen molar-refractivity contribution in [1.29, 1.82) is 0 Å². The quantitative estimate of drug-likeness (QED) is 0.460. The molecule has 0 amide bonds. The summed E-state index contributed by atoms with van der Waals surface area (Å²) in [6.07, 6.45) is 0. The Morgan fingerprint density at radius 1 is 0.909 bits per heavy atom. The van der Waals surface area contributed by atoms with Crippen molar-refractivity contribution >= 4 is 5.57 Å². The summed E-state index contributed by atoms with van der Waals surface area (Å²) in [5.41, 5.74) is 9.69. The summed E-state index contributed by atoms with van der Waals surface area (Å²) in [5, 5.41) is 0. The van der Waals surface area contributed by atoms with E-state index in [1.54, 1.807) is 27.9 Å². The van der Waals surface area contributed by atoms with Gasteiger partial charge in [0.1, 0.15) is 0 Å². The van der Waals surface area contributed by atoms with E-state index in [-0.39, 0.29) is 0 Å². The van der Waals surface area contributed by atoms with Gasteiger partial charge >= 0.3 is 147 Å². The van der Waals surface area contributed by atoms with E-state index in [0.717, 1.165) is 0 Å². The molecule has 2 aliphatic carbocycles. The molecule has 1 aromatic rings. The van der Waals surface area contributed by atoms with E-state index in [1.165, 1.54) is 5.56 Å². The fourth-order valence-corrected chi connectivity index (χ4v) is 10.6. The fraction of sp³-hybridized carbons (Fsp3) is 0.429. The van der Waals surface area contributed by atoms with E-state index in [1.807, 2.05) is 6.66 Å². The van der Waals surface area contributed by atoms with Crippen LogP contribution in [0.15, 0.2) is 47.6 Å². The molecule has 0 saturated heterocycles. The van der Waals surface area contributed by atoms with E-state index in [0.29, 0.717) is 11.3 Å².